The molecule has 0 radical (unpaired) electrons. The molecule has 1 aromatic rings. The van der Waals surface area contributed by atoms with E-state index in [-0.39, 0.29) is 17.8 Å². The molecule has 2 amide bonds. The summed E-state index contributed by atoms with van der Waals surface area (Å²) >= 11 is 0. The molecule has 1 fully saturated rings. The number of nitrogens with one attached hydrogen (secondary N) is 2. The fraction of sp³-hybridized carbons (Fsp3) is 0.562. The molecule has 0 unspecified atom stereocenters. The van der Waals surface area contributed by atoms with E-state index in [1.807, 2.05) is 0 Å². The van der Waals surface area contributed by atoms with Gasteiger partial charge in [0, 0.05) is 18.0 Å². The second-order valence-corrected chi connectivity index (χ2v) is 8.20. The Morgan fingerprint density at radius 2 is 1.86 bits per heavy atom. The van der Waals surface area contributed by atoms with Crippen LogP contribution in [-0.4, -0.2) is 26.7 Å². The zero-order valence-corrected chi connectivity index (χ0v) is 13.8. The van der Waals surface area contributed by atoms with Gasteiger partial charge in [-0.25, -0.2) is 13.2 Å². The molecule has 0 heterocycles. The number of sulfone groups is 1. The molecule has 1 aromatic carbocycles. The first-order chi connectivity index (χ1) is 10.4. The molecule has 22 heavy (non-hydrogen) atoms. The maximum absolute atomic E-state index is 12.0. The minimum atomic E-state index is -3.08. The van der Waals surface area contributed by atoms with Crippen molar-refractivity contribution in [3.8, 4) is 0 Å². The monoisotopic (exact) mass is 324 g/mol. The van der Waals surface area contributed by atoms with Crippen LogP contribution in [0, 0.1) is 0 Å². The Morgan fingerprint density at radius 1 is 1.18 bits per heavy atom. The van der Waals surface area contributed by atoms with Gasteiger partial charge in [-0.2, -0.15) is 0 Å². The molecular weight excluding hydrogens is 300 g/mol. The Morgan fingerprint density at radius 3 is 2.50 bits per heavy atom. The van der Waals surface area contributed by atoms with Crippen molar-refractivity contribution in [3.63, 3.8) is 0 Å². The fourth-order valence-electron chi connectivity index (χ4n) is 2.82. The molecule has 0 atom stereocenters. The van der Waals surface area contributed by atoms with E-state index in [9.17, 15) is 13.2 Å². The SMILES string of the molecule is CS(=O)(=O)Cc1cccc(NC(=O)NC2CCCCCC2)c1. The van der Waals surface area contributed by atoms with Crippen molar-refractivity contribution < 1.29 is 13.2 Å². The predicted molar refractivity (Wildman–Crippen MR) is 88.6 cm³/mol. The third-order valence-corrected chi connectivity index (χ3v) is 4.66. The van der Waals surface area contributed by atoms with Crippen molar-refractivity contribution in [1.82, 2.24) is 5.32 Å². The normalized spacial score (nSPS) is 16.8. The number of hydrogen-bond donors (Lipinski definition) is 2. The molecule has 0 aliphatic heterocycles. The Hall–Kier alpha value is -1.56. The van der Waals surface area contributed by atoms with Gasteiger partial charge in [0.25, 0.3) is 0 Å². The number of carbonyl (C=O) groups excluding carboxylic acids is 1. The van der Waals surface area contributed by atoms with Crippen LogP contribution in [0.3, 0.4) is 0 Å². The lowest BCUT2D eigenvalue weighted by Crippen LogP contribution is -2.37. The second kappa shape index (κ2) is 7.63. The Bertz CT molecular complexity index is 606. The van der Waals surface area contributed by atoms with E-state index in [1.54, 1.807) is 24.3 Å². The third-order valence-electron chi connectivity index (χ3n) is 3.80. The zero-order valence-electron chi connectivity index (χ0n) is 13.0. The summed E-state index contributed by atoms with van der Waals surface area (Å²) < 4.78 is 22.7. The van der Waals surface area contributed by atoms with Gasteiger partial charge in [0.1, 0.15) is 0 Å². The van der Waals surface area contributed by atoms with Crippen molar-refractivity contribution in [3.05, 3.63) is 29.8 Å². The van der Waals surface area contributed by atoms with Gasteiger partial charge >= 0.3 is 6.03 Å². The van der Waals surface area contributed by atoms with Gasteiger partial charge < -0.3 is 10.6 Å². The minimum absolute atomic E-state index is 0.0211. The fourth-order valence-corrected chi connectivity index (χ4v) is 3.60. The first-order valence-corrected chi connectivity index (χ1v) is 9.82. The van der Waals surface area contributed by atoms with E-state index in [2.05, 4.69) is 10.6 Å². The lowest BCUT2D eigenvalue weighted by molar-refractivity contribution is 0.247. The molecule has 0 aromatic heterocycles. The summed E-state index contributed by atoms with van der Waals surface area (Å²) in [5.41, 5.74) is 1.29. The van der Waals surface area contributed by atoms with E-state index in [4.69, 9.17) is 0 Å². The number of carbonyl (C=O) groups is 1. The van der Waals surface area contributed by atoms with E-state index >= 15 is 0 Å². The first-order valence-electron chi connectivity index (χ1n) is 7.76. The van der Waals surface area contributed by atoms with Gasteiger partial charge in [-0.3, -0.25) is 0 Å². The molecule has 0 bridgehead atoms. The van der Waals surface area contributed by atoms with Crippen molar-refractivity contribution in [2.24, 2.45) is 0 Å². The lowest BCUT2D eigenvalue weighted by Gasteiger charge is -2.17. The highest BCUT2D eigenvalue weighted by Crippen LogP contribution is 2.18. The zero-order chi connectivity index (χ0) is 16.0. The molecule has 2 N–H and O–H groups in total. The van der Waals surface area contributed by atoms with Gasteiger partial charge in [-0.15, -0.1) is 0 Å². The maximum atomic E-state index is 12.0. The summed E-state index contributed by atoms with van der Waals surface area (Å²) in [5.74, 6) is -0.0211. The van der Waals surface area contributed by atoms with Crippen molar-refractivity contribution in [2.75, 3.05) is 11.6 Å². The van der Waals surface area contributed by atoms with Crippen molar-refractivity contribution in [1.29, 1.82) is 0 Å². The second-order valence-electron chi connectivity index (χ2n) is 6.06. The maximum Gasteiger partial charge on any atom is 0.319 e. The Labute approximate surface area is 132 Å². The molecule has 0 spiro atoms. The highest BCUT2D eigenvalue weighted by molar-refractivity contribution is 7.89. The Kier molecular flexibility index (Phi) is 5.83. The van der Waals surface area contributed by atoms with Crippen LogP contribution in [0.2, 0.25) is 0 Å². The predicted octanol–water partition coefficient (Wildman–Crippen LogP) is 3.08. The van der Waals surface area contributed by atoms with Crippen LogP contribution in [0.4, 0.5) is 10.5 Å². The molecular formula is C16H24N2O3S. The summed E-state index contributed by atoms with van der Waals surface area (Å²) in [5, 5.41) is 5.80. The van der Waals surface area contributed by atoms with Crippen LogP contribution < -0.4 is 10.6 Å². The van der Waals surface area contributed by atoms with Gasteiger partial charge in [0.2, 0.25) is 0 Å². The summed E-state index contributed by atoms with van der Waals surface area (Å²) in [6.07, 6.45) is 8.07. The highest BCUT2D eigenvalue weighted by atomic mass is 32.2. The van der Waals surface area contributed by atoms with Crippen LogP contribution in [0.1, 0.15) is 44.1 Å². The number of benzene rings is 1. The summed E-state index contributed by atoms with van der Waals surface area (Å²) in [6.45, 7) is 0. The molecule has 0 saturated heterocycles. The topological polar surface area (TPSA) is 75.3 Å². The highest BCUT2D eigenvalue weighted by Gasteiger charge is 2.14. The number of anilines is 1. The first kappa shape index (κ1) is 16.8. The molecule has 5 nitrogen and oxygen atoms in total. The van der Waals surface area contributed by atoms with Crippen LogP contribution in [0.25, 0.3) is 0 Å². The number of rotatable bonds is 4. The molecule has 1 aliphatic rings. The van der Waals surface area contributed by atoms with Gasteiger partial charge in [-0.1, -0.05) is 37.8 Å². The molecule has 6 heteroatoms. The van der Waals surface area contributed by atoms with Crippen LogP contribution >= 0.6 is 0 Å². The standard InChI is InChI=1S/C16H24N2O3S/c1-22(20,21)12-13-7-6-10-15(11-13)18-16(19)17-14-8-4-2-3-5-9-14/h6-7,10-11,14H,2-5,8-9,12H2,1H3,(H2,17,18,19). The number of hydrogen-bond acceptors (Lipinski definition) is 3. The lowest BCUT2D eigenvalue weighted by atomic mass is 10.1. The van der Waals surface area contributed by atoms with Crippen LogP contribution in [-0.2, 0) is 15.6 Å². The smallest absolute Gasteiger partial charge is 0.319 e. The number of amides is 2. The van der Waals surface area contributed by atoms with E-state index in [0.29, 0.717) is 11.3 Å². The molecule has 2 rings (SSSR count). The average Bonchev–Trinajstić information content (AvgIpc) is 2.65. The number of urea groups is 1. The van der Waals surface area contributed by atoms with Gasteiger partial charge in [0.05, 0.1) is 5.75 Å². The largest absolute Gasteiger partial charge is 0.335 e. The minimum Gasteiger partial charge on any atom is -0.335 e. The van der Waals surface area contributed by atoms with Crippen molar-refractivity contribution >= 4 is 21.6 Å². The average molecular weight is 324 g/mol. The summed E-state index contributed by atoms with van der Waals surface area (Å²) in [4.78, 5) is 12.0. The van der Waals surface area contributed by atoms with Gasteiger partial charge in [-0.05, 0) is 30.5 Å². The van der Waals surface area contributed by atoms with Crippen LogP contribution in [0.15, 0.2) is 24.3 Å². The van der Waals surface area contributed by atoms with E-state index in [1.165, 1.54) is 19.1 Å². The van der Waals surface area contributed by atoms with E-state index in [0.717, 1.165) is 25.7 Å². The van der Waals surface area contributed by atoms with Gasteiger partial charge in [0.15, 0.2) is 9.84 Å². The quantitative estimate of drug-likeness (QED) is 0.836. The Balaban J connectivity index is 1.92. The molecule has 122 valence electrons. The summed E-state index contributed by atoms with van der Waals surface area (Å²) in [7, 11) is -3.08. The summed E-state index contributed by atoms with van der Waals surface area (Å²) in [6, 6.07) is 6.98. The van der Waals surface area contributed by atoms with Crippen LogP contribution in [0.5, 0.6) is 0 Å². The molecule has 1 aliphatic carbocycles. The molecule has 1 saturated carbocycles. The van der Waals surface area contributed by atoms with E-state index < -0.39 is 9.84 Å². The van der Waals surface area contributed by atoms with Crippen molar-refractivity contribution in [2.45, 2.75) is 50.3 Å². The third kappa shape index (κ3) is 6.05.